The Labute approximate surface area is 111 Å². The van der Waals surface area contributed by atoms with Gasteiger partial charge in [0.05, 0.1) is 0 Å². The molecule has 2 rings (SSSR count). The highest BCUT2D eigenvalue weighted by atomic mass is 32.2. The molecule has 0 heterocycles. The molecular formula is C15H15NOS. The molecule has 0 saturated heterocycles. The number of nitrogens with one attached hydrogen (secondary N) is 1. The molecule has 0 fully saturated rings. The SMILES string of the molecule is CSc1ccc(NC(=O)c2ccc(C)cc2)cc1. The van der Waals surface area contributed by atoms with E-state index in [1.807, 2.05) is 61.7 Å². The van der Waals surface area contributed by atoms with Gasteiger partial charge in [0.1, 0.15) is 0 Å². The molecule has 1 N–H and O–H groups in total. The van der Waals surface area contributed by atoms with Crippen molar-refractivity contribution >= 4 is 23.4 Å². The predicted octanol–water partition coefficient (Wildman–Crippen LogP) is 3.97. The van der Waals surface area contributed by atoms with Crippen LogP contribution >= 0.6 is 11.8 Å². The Hall–Kier alpha value is -1.74. The lowest BCUT2D eigenvalue weighted by molar-refractivity contribution is 0.102. The maximum Gasteiger partial charge on any atom is 0.255 e. The van der Waals surface area contributed by atoms with Crippen molar-refractivity contribution in [1.82, 2.24) is 0 Å². The summed E-state index contributed by atoms with van der Waals surface area (Å²) < 4.78 is 0. The van der Waals surface area contributed by atoms with Crippen molar-refractivity contribution in [2.45, 2.75) is 11.8 Å². The molecule has 2 aromatic rings. The van der Waals surface area contributed by atoms with E-state index >= 15 is 0 Å². The van der Waals surface area contributed by atoms with Crippen molar-refractivity contribution in [2.75, 3.05) is 11.6 Å². The third-order valence-corrected chi connectivity index (χ3v) is 3.41. The van der Waals surface area contributed by atoms with Gasteiger partial charge in [-0.25, -0.2) is 0 Å². The molecule has 1 amide bonds. The second-order valence-corrected chi connectivity index (χ2v) is 4.93. The number of hydrogen-bond acceptors (Lipinski definition) is 2. The number of thioether (sulfide) groups is 1. The number of rotatable bonds is 3. The summed E-state index contributed by atoms with van der Waals surface area (Å²) in [5.74, 6) is -0.0769. The van der Waals surface area contributed by atoms with Crippen LogP contribution in [0.4, 0.5) is 5.69 Å². The van der Waals surface area contributed by atoms with Gasteiger partial charge in [-0.15, -0.1) is 11.8 Å². The number of carbonyl (C=O) groups is 1. The lowest BCUT2D eigenvalue weighted by Crippen LogP contribution is -2.11. The second-order valence-electron chi connectivity index (χ2n) is 4.05. The summed E-state index contributed by atoms with van der Waals surface area (Å²) in [6.07, 6.45) is 2.03. The van der Waals surface area contributed by atoms with E-state index in [-0.39, 0.29) is 5.91 Å². The van der Waals surface area contributed by atoms with Crippen LogP contribution in [0.2, 0.25) is 0 Å². The molecule has 0 aliphatic heterocycles. The molecule has 0 atom stereocenters. The largest absolute Gasteiger partial charge is 0.322 e. The highest BCUT2D eigenvalue weighted by Crippen LogP contribution is 2.18. The van der Waals surface area contributed by atoms with E-state index in [9.17, 15) is 4.79 Å². The number of aryl methyl sites for hydroxylation is 1. The molecule has 0 aliphatic carbocycles. The zero-order valence-corrected chi connectivity index (χ0v) is 11.3. The Morgan fingerprint density at radius 2 is 1.61 bits per heavy atom. The molecule has 0 aromatic heterocycles. The fourth-order valence-electron chi connectivity index (χ4n) is 1.58. The lowest BCUT2D eigenvalue weighted by atomic mass is 10.1. The first-order valence-electron chi connectivity index (χ1n) is 5.71. The maximum atomic E-state index is 12.0. The molecule has 2 nitrogen and oxygen atoms in total. The van der Waals surface area contributed by atoms with Crippen LogP contribution in [0.1, 0.15) is 15.9 Å². The van der Waals surface area contributed by atoms with E-state index in [4.69, 9.17) is 0 Å². The summed E-state index contributed by atoms with van der Waals surface area (Å²) in [5.41, 5.74) is 2.64. The summed E-state index contributed by atoms with van der Waals surface area (Å²) in [6.45, 7) is 2.00. The van der Waals surface area contributed by atoms with Crippen LogP contribution in [0, 0.1) is 6.92 Å². The topological polar surface area (TPSA) is 29.1 Å². The van der Waals surface area contributed by atoms with Crippen LogP contribution in [0.5, 0.6) is 0 Å². The first-order chi connectivity index (χ1) is 8.69. The van der Waals surface area contributed by atoms with Gasteiger partial charge in [0, 0.05) is 16.1 Å². The number of anilines is 1. The predicted molar refractivity (Wildman–Crippen MR) is 77.4 cm³/mol. The van der Waals surface area contributed by atoms with Crippen LogP contribution in [0.15, 0.2) is 53.4 Å². The van der Waals surface area contributed by atoms with Crippen LogP contribution in [0.3, 0.4) is 0 Å². The summed E-state index contributed by atoms with van der Waals surface area (Å²) >= 11 is 1.68. The summed E-state index contributed by atoms with van der Waals surface area (Å²) in [5, 5.41) is 2.88. The van der Waals surface area contributed by atoms with E-state index in [1.54, 1.807) is 11.8 Å². The Bertz CT molecular complexity index is 531. The minimum atomic E-state index is -0.0769. The fraction of sp³-hybridized carbons (Fsp3) is 0.133. The zero-order valence-electron chi connectivity index (χ0n) is 10.4. The molecular weight excluding hydrogens is 242 g/mol. The number of carbonyl (C=O) groups excluding carboxylic acids is 1. The fourth-order valence-corrected chi connectivity index (χ4v) is 1.99. The molecule has 18 heavy (non-hydrogen) atoms. The third-order valence-electron chi connectivity index (χ3n) is 2.66. The summed E-state index contributed by atoms with van der Waals surface area (Å²) in [6, 6.07) is 15.4. The van der Waals surface area contributed by atoms with Crippen LogP contribution in [-0.4, -0.2) is 12.2 Å². The van der Waals surface area contributed by atoms with Crippen LogP contribution < -0.4 is 5.32 Å². The van der Waals surface area contributed by atoms with Crippen molar-refractivity contribution < 1.29 is 4.79 Å². The smallest absolute Gasteiger partial charge is 0.255 e. The minimum absolute atomic E-state index is 0.0769. The van der Waals surface area contributed by atoms with Gasteiger partial charge in [-0.05, 0) is 49.6 Å². The standard InChI is InChI=1S/C15H15NOS/c1-11-3-5-12(6-4-11)15(17)16-13-7-9-14(18-2)10-8-13/h3-10H,1-2H3,(H,16,17). The van der Waals surface area contributed by atoms with Gasteiger partial charge in [0.15, 0.2) is 0 Å². The highest BCUT2D eigenvalue weighted by Gasteiger charge is 2.05. The van der Waals surface area contributed by atoms with Crippen molar-refractivity contribution in [3.8, 4) is 0 Å². The quantitative estimate of drug-likeness (QED) is 0.843. The average Bonchev–Trinajstić information content (AvgIpc) is 2.40. The van der Waals surface area contributed by atoms with Crippen molar-refractivity contribution in [3.05, 3.63) is 59.7 Å². The Balaban J connectivity index is 2.08. The zero-order chi connectivity index (χ0) is 13.0. The average molecular weight is 257 g/mol. The molecule has 3 heteroatoms. The molecule has 0 radical (unpaired) electrons. The van der Waals surface area contributed by atoms with Crippen LogP contribution in [-0.2, 0) is 0 Å². The first-order valence-corrected chi connectivity index (χ1v) is 6.93. The molecule has 2 aromatic carbocycles. The number of hydrogen-bond donors (Lipinski definition) is 1. The van der Waals surface area contributed by atoms with E-state index in [1.165, 1.54) is 4.90 Å². The lowest BCUT2D eigenvalue weighted by Gasteiger charge is -2.06. The first kappa shape index (κ1) is 12.7. The van der Waals surface area contributed by atoms with Crippen molar-refractivity contribution in [1.29, 1.82) is 0 Å². The van der Waals surface area contributed by atoms with E-state index < -0.39 is 0 Å². The van der Waals surface area contributed by atoms with Gasteiger partial charge in [-0.3, -0.25) is 4.79 Å². The molecule has 92 valence electrons. The van der Waals surface area contributed by atoms with E-state index in [0.29, 0.717) is 5.56 Å². The summed E-state index contributed by atoms with van der Waals surface area (Å²) in [4.78, 5) is 13.1. The molecule has 0 saturated carbocycles. The molecule has 0 unspecified atom stereocenters. The van der Waals surface area contributed by atoms with E-state index in [2.05, 4.69) is 5.32 Å². The van der Waals surface area contributed by atoms with Gasteiger partial charge < -0.3 is 5.32 Å². The van der Waals surface area contributed by atoms with Gasteiger partial charge in [-0.2, -0.15) is 0 Å². The number of benzene rings is 2. The van der Waals surface area contributed by atoms with Gasteiger partial charge >= 0.3 is 0 Å². The van der Waals surface area contributed by atoms with E-state index in [0.717, 1.165) is 11.3 Å². The molecule has 0 aliphatic rings. The van der Waals surface area contributed by atoms with Gasteiger partial charge in [-0.1, -0.05) is 17.7 Å². The van der Waals surface area contributed by atoms with Gasteiger partial charge in [0.25, 0.3) is 5.91 Å². The maximum absolute atomic E-state index is 12.0. The Morgan fingerprint density at radius 3 is 2.17 bits per heavy atom. The minimum Gasteiger partial charge on any atom is -0.322 e. The number of amides is 1. The Kier molecular flexibility index (Phi) is 4.05. The monoisotopic (exact) mass is 257 g/mol. The van der Waals surface area contributed by atoms with Crippen LogP contribution in [0.25, 0.3) is 0 Å². The third kappa shape index (κ3) is 3.14. The molecule has 0 bridgehead atoms. The highest BCUT2D eigenvalue weighted by molar-refractivity contribution is 7.98. The summed E-state index contributed by atoms with van der Waals surface area (Å²) in [7, 11) is 0. The normalized spacial score (nSPS) is 10.1. The second kappa shape index (κ2) is 5.74. The van der Waals surface area contributed by atoms with Crippen molar-refractivity contribution in [3.63, 3.8) is 0 Å². The Morgan fingerprint density at radius 1 is 1.00 bits per heavy atom. The van der Waals surface area contributed by atoms with Crippen molar-refractivity contribution in [2.24, 2.45) is 0 Å². The molecule has 0 spiro atoms. The van der Waals surface area contributed by atoms with Gasteiger partial charge in [0.2, 0.25) is 0 Å².